The van der Waals surface area contributed by atoms with Crippen LogP contribution in [0.5, 0.6) is 5.75 Å². The van der Waals surface area contributed by atoms with Crippen LogP contribution in [0.15, 0.2) is 17.1 Å². The Balaban J connectivity index is 2.32. The zero-order chi connectivity index (χ0) is 17.3. The number of anilines is 1. The number of rotatable bonds is 4. The molecule has 23 heavy (non-hydrogen) atoms. The first-order valence-corrected chi connectivity index (χ1v) is 7.44. The third-order valence-electron chi connectivity index (χ3n) is 2.63. The highest BCUT2D eigenvalue weighted by Gasteiger charge is 2.21. The molecule has 2 aromatic heterocycles. The lowest BCUT2D eigenvalue weighted by Crippen LogP contribution is -2.26. The van der Waals surface area contributed by atoms with Crippen LogP contribution in [0.25, 0.3) is 0 Å². The summed E-state index contributed by atoms with van der Waals surface area (Å²) in [4.78, 5) is 23.1. The van der Waals surface area contributed by atoms with Crippen molar-refractivity contribution in [1.82, 2.24) is 4.57 Å². The van der Waals surface area contributed by atoms with Crippen molar-refractivity contribution in [3.8, 4) is 5.75 Å². The van der Waals surface area contributed by atoms with Crippen LogP contribution < -0.4 is 10.9 Å². The Morgan fingerprint density at radius 3 is 2.61 bits per heavy atom. The Hall–Kier alpha value is -1.71. The normalized spacial score (nSPS) is 11.0. The molecular formula is C12H7Cl2F3N2O3S. The van der Waals surface area contributed by atoms with E-state index in [1.165, 1.54) is 0 Å². The number of amides is 1. The van der Waals surface area contributed by atoms with Crippen molar-refractivity contribution in [1.29, 1.82) is 0 Å². The average Bonchev–Trinajstić information content (AvgIpc) is 2.71. The molecule has 0 bridgehead atoms. The van der Waals surface area contributed by atoms with Crippen molar-refractivity contribution in [2.75, 3.05) is 5.32 Å². The second-order valence-corrected chi connectivity index (χ2v) is 6.25. The summed E-state index contributed by atoms with van der Waals surface area (Å²) in [5.41, 5.74) is -1.49. The van der Waals surface area contributed by atoms with Crippen molar-refractivity contribution in [2.45, 2.75) is 13.0 Å². The van der Waals surface area contributed by atoms with E-state index < -0.39 is 36.0 Å². The molecule has 124 valence electrons. The lowest BCUT2D eigenvalue weighted by Gasteiger charge is -2.09. The molecule has 5 nitrogen and oxygen atoms in total. The van der Waals surface area contributed by atoms with Crippen LogP contribution in [-0.2, 0) is 6.54 Å². The molecule has 0 fully saturated rings. The van der Waals surface area contributed by atoms with Crippen LogP contribution in [-0.4, -0.2) is 22.0 Å². The van der Waals surface area contributed by atoms with Gasteiger partial charge < -0.3 is 15.0 Å². The number of aromatic nitrogens is 1. The summed E-state index contributed by atoms with van der Waals surface area (Å²) in [6.45, 7) is -1.03. The molecule has 2 rings (SSSR count). The van der Waals surface area contributed by atoms with E-state index in [4.69, 9.17) is 23.2 Å². The molecule has 0 saturated carbocycles. The molecule has 0 atom stereocenters. The predicted molar refractivity (Wildman–Crippen MR) is 80.6 cm³/mol. The number of pyridine rings is 1. The highest BCUT2D eigenvalue weighted by atomic mass is 35.5. The van der Waals surface area contributed by atoms with Crippen molar-refractivity contribution < 1.29 is 23.1 Å². The average molecular weight is 387 g/mol. The first-order chi connectivity index (χ1) is 10.7. The second-order valence-electron chi connectivity index (χ2n) is 4.25. The van der Waals surface area contributed by atoms with Gasteiger partial charge in [-0.3, -0.25) is 9.59 Å². The van der Waals surface area contributed by atoms with Gasteiger partial charge in [-0.05, 0) is 0 Å². The Bertz CT molecular complexity index is 823. The molecule has 0 aliphatic carbocycles. The lowest BCUT2D eigenvalue weighted by molar-refractivity contribution is 0.102. The fourth-order valence-electron chi connectivity index (χ4n) is 1.67. The molecule has 0 aliphatic rings. The van der Waals surface area contributed by atoms with Crippen LogP contribution in [0.3, 0.4) is 0 Å². The van der Waals surface area contributed by atoms with E-state index in [0.717, 1.165) is 6.20 Å². The van der Waals surface area contributed by atoms with Gasteiger partial charge in [0.25, 0.3) is 17.9 Å². The number of aromatic hydroxyl groups is 1. The summed E-state index contributed by atoms with van der Waals surface area (Å²) in [6.07, 6.45) is -2.01. The molecule has 0 saturated heterocycles. The number of carbonyl (C=O) groups is 1. The van der Waals surface area contributed by atoms with Gasteiger partial charge in [-0.15, -0.1) is 11.3 Å². The Morgan fingerprint density at radius 1 is 1.43 bits per heavy atom. The molecule has 11 heteroatoms. The molecule has 2 N–H and O–H groups in total. The van der Waals surface area contributed by atoms with E-state index in [1.807, 2.05) is 0 Å². The van der Waals surface area contributed by atoms with E-state index >= 15 is 0 Å². The molecule has 0 radical (unpaired) electrons. The maximum absolute atomic E-state index is 13.5. The molecule has 0 spiro atoms. The highest BCUT2D eigenvalue weighted by Crippen LogP contribution is 2.42. The monoisotopic (exact) mass is 386 g/mol. The minimum atomic E-state index is -2.88. The summed E-state index contributed by atoms with van der Waals surface area (Å²) in [7, 11) is 0. The predicted octanol–water partition coefficient (Wildman–Crippen LogP) is 3.58. The van der Waals surface area contributed by atoms with Gasteiger partial charge in [0.1, 0.15) is 14.2 Å². The van der Waals surface area contributed by atoms with E-state index in [1.54, 1.807) is 0 Å². The Kier molecular flexibility index (Phi) is 5.23. The molecule has 2 heterocycles. The third-order valence-corrected chi connectivity index (χ3v) is 4.59. The molecule has 0 aliphatic heterocycles. The van der Waals surface area contributed by atoms with E-state index in [0.29, 0.717) is 22.0 Å². The first kappa shape index (κ1) is 17.6. The van der Waals surface area contributed by atoms with Gasteiger partial charge in [-0.25, -0.2) is 13.2 Å². The number of nitrogens with one attached hydrogen (secondary N) is 1. The summed E-state index contributed by atoms with van der Waals surface area (Å²) in [5, 5.41) is 11.6. The number of thiophene rings is 1. The van der Waals surface area contributed by atoms with E-state index in [2.05, 4.69) is 5.32 Å². The van der Waals surface area contributed by atoms with Crippen LogP contribution in [0.1, 0.15) is 9.67 Å². The van der Waals surface area contributed by atoms with Gasteiger partial charge in [0.05, 0.1) is 12.2 Å². The van der Waals surface area contributed by atoms with Crippen molar-refractivity contribution in [2.24, 2.45) is 0 Å². The van der Waals surface area contributed by atoms with Crippen LogP contribution in [0.4, 0.5) is 18.9 Å². The summed E-state index contributed by atoms with van der Waals surface area (Å²) in [5.74, 6) is -2.75. The number of hydrogen-bond donors (Lipinski definition) is 2. The largest absolute Gasteiger partial charge is 0.505 e. The van der Waals surface area contributed by atoms with E-state index in [-0.39, 0.29) is 19.9 Å². The lowest BCUT2D eigenvalue weighted by atomic mass is 10.3. The van der Waals surface area contributed by atoms with Gasteiger partial charge in [-0.2, -0.15) is 0 Å². The van der Waals surface area contributed by atoms with Gasteiger partial charge >= 0.3 is 0 Å². The minimum absolute atomic E-state index is 0.0248. The van der Waals surface area contributed by atoms with Gasteiger partial charge in [0.2, 0.25) is 0 Å². The first-order valence-electron chi connectivity index (χ1n) is 5.87. The van der Waals surface area contributed by atoms with Crippen LogP contribution in [0, 0.1) is 5.82 Å². The maximum atomic E-state index is 13.5. The minimum Gasteiger partial charge on any atom is -0.505 e. The fourth-order valence-corrected chi connectivity index (χ4v) is 2.96. The quantitative estimate of drug-likeness (QED) is 0.843. The fraction of sp³-hybridized carbons (Fsp3) is 0.167. The number of hydrogen-bond acceptors (Lipinski definition) is 4. The smallest absolute Gasteiger partial charge is 0.286 e. The Labute approximate surface area is 140 Å². The van der Waals surface area contributed by atoms with Gasteiger partial charge in [0.15, 0.2) is 11.6 Å². The molecule has 0 aromatic carbocycles. The van der Waals surface area contributed by atoms with Crippen LogP contribution >= 0.6 is 34.5 Å². The summed E-state index contributed by atoms with van der Waals surface area (Å²) in [6, 6.07) is 0.677. The van der Waals surface area contributed by atoms with Crippen molar-refractivity contribution in [3.63, 3.8) is 0 Å². The van der Waals surface area contributed by atoms with Gasteiger partial charge in [-0.1, -0.05) is 23.2 Å². The topological polar surface area (TPSA) is 71.3 Å². The zero-order valence-corrected chi connectivity index (χ0v) is 13.3. The molecule has 1 amide bonds. The molecule has 2 aromatic rings. The summed E-state index contributed by atoms with van der Waals surface area (Å²) < 4.78 is 38.6. The molecular weight excluding hydrogens is 380 g/mol. The molecule has 0 unspecified atom stereocenters. The second kappa shape index (κ2) is 6.81. The van der Waals surface area contributed by atoms with Crippen molar-refractivity contribution in [3.05, 3.63) is 42.7 Å². The van der Waals surface area contributed by atoms with Crippen LogP contribution in [0.2, 0.25) is 9.36 Å². The number of nitrogens with zero attached hydrogens (tertiary/aromatic N) is 1. The summed E-state index contributed by atoms with van der Waals surface area (Å²) >= 11 is 12.0. The number of alkyl halides is 2. The van der Waals surface area contributed by atoms with Gasteiger partial charge in [0, 0.05) is 12.3 Å². The Morgan fingerprint density at radius 2 is 2.09 bits per heavy atom. The zero-order valence-electron chi connectivity index (χ0n) is 10.9. The SMILES string of the molecule is O=C(Nc1cc(F)c(=O)n(CC(F)F)c1)c1sc(Cl)c(Cl)c1O. The van der Waals surface area contributed by atoms with E-state index in [9.17, 15) is 27.9 Å². The number of halogens is 5. The van der Waals surface area contributed by atoms with Crippen molar-refractivity contribution >= 4 is 46.1 Å². The highest BCUT2D eigenvalue weighted by molar-refractivity contribution is 7.19. The third kappa shape index (κ3) is 3.80. The standard InChI is InChI=1S/C12H7Cl2F3N2O3S/c13-7-8(20)9(23-10(7)14)11(21)18-4-1-5(15)12(22)19(2-4)3-6(16)17/h1-2,6,20H,3H2,(H,18,21). The maximum Gasteiger partial charge on any atom is 0.286 e. The number of carbonyl (C=O) groups excluding carboxylic acids is 1.